The molecule has 0 radical (unpaired) electrons. The molecule has 0 aliphatic rings. The Morgan fingerprint density at radius 3 is 0.909 bits per heavy atom. The van der Waals surface area contributed by atoms with Gasteiger partial charge in [0.1, 0.15) is 0 Å². The van der Waals surface area contributed by atoms with Crippen molar-refractivity contribution in [3.63, 3.8) is 0 Å². The molecule has 0 fully saturated rings. The third kappa shape index (κ3) is 34.6. The smallest absolute Gasteiger partial charge is 1.00 e. The van der Waals surface area contributed by atoms with Gasteiger partial charge in [-0.2, -0.15) is 0 Å². The molecule has 0 bridgehead atoms. The van der Waals surface area contributed by atoms with Crippen molar-refractivity contribution in [2.24, 2.45) is 0 Å². The molecule has 0 spiro atoms. The standard InChI is InChI=1S/C6H14O.Al.3ClH/c1-5(2)7-6(3)4;;;;/h5-6H,1-4H3;;3*1H/q;+3;;;/p-3. The zero-order valence-corrected chi connectivity index (χ0v) is 10.7. The van der Waals surface area contributed by atoms with E-state index in [1.165, 1.54) is 0 Å². The van der Waals surface area contributed by atoms with E-state index in [9.17, 15) is 0 Å². The van der Waals surface area contributed by atoms with Crippen molar-refractivity contribution in [1.82, 2.24) is 0 Å². The van der Waals surface area contributed by atoms with Gasteiger partial charge in [-0.25, -0.2) is 0 Å². The van der Waals surface area contributed by atoms with Crippen LogP contribution in [0.3, 0.4) is 0 Å². The van der Waals surface area contributed by atoms with Crippen LogP contribution in [-0.4, -0.2) is 29.6 Å². The number of ether oxygens (including phenoxy) is 1. The summed E-state index contributed by atoms with van der Waals surface area (Å²) in [7, 11) is 0. The van der Waals surface area contributed by atoms with Gasteiger partial charge in [0.05, 0.1) is 12.2 Å². The molecule has 0 aliphatic carbocycles. The average molecular weight is 236 g/mol. The third-order valence-electron chi connectivity index (χ3n) is 0.544. The Kier molecular flexibility index (Phi) is 46.7. The summed E-state index contributed by atoms with van der Waals surface area (Å²) in [6.07, 6.45) is 0.750. The number of hydrogen-bond donors (Lipinski definition) is 0. The van der Waals surface area contributed by atoms with E-state index >= 15 is 0 Å². The molecule has 0 aromatic heterocycles. The molecule has 0 unspecified atom stereocenters. The zero-order chi connectivity index (χ0) is 5.86. The van der Waals surface area contributed by atoms with Gasteiger partial charge in [0.2, 0.25) is 0 Å². The number of rotatable bonds is 2. The summed E-state index contributed by atoms with van der Waals surface area (Å²) in [6, 6.07) is 0. The van der Waals surface area contributed by atoms with Crippen LogP contribution < -0.4 is 37.2 Å². The fourth-order valence-electron chi connectivity index (χ4n) is 0.544. The second-order valence-electron chi connectivity index (χ2n) is 2.23. The van der Waals surface area contributed by atoms with Crippen LogP contribution in [0.4, 0.5) is 0 Å². The summed E-state index contributed by atoms with van der Waals surface area (Å²) >= 11 is 0. The van der Waals surface area contributed by atoms with Crippen LogP contribution in [0.2, 0.25) is 0 Å². The van der Waals surface area contributed by atoms with E-state index in [-0.39, 0.29) is 54.6 Å². The minimum atomic E-state index is 0. The van der Waals surface area contributed by atoms with E-state index in [0.29, 0.717) is 12.2 Å². The van der Waals surface area contributed by atoms with Gasteiger partial charge in [0.15, 0.2) is 0 Å². The Labute approximate surface area is 99.0 Å². The summed E-state index contributed by atoms with van der Waals surface area (Å²) in [5.41, 5.74) is 0. The molecule has 0 saturated carbocycles. The molecule has 68 valence electrons. The largest absolute Gasteiger partial charge is 3.00 e. The molecule has 0 saturated heterocycles. The second-order valence-corrected chi connectivity index (χ2v) is 2.23. The van der Waals surface area contributed by atoms with Crippen LogP contribution in [0, 0.1) is 0 Å². The molecule has 5 heteroatoms. The fourth-order valence-corrected chi connectivity index (χ4v) is 0.544. The first-order chi connectivity index (χ1) is 3.13. The van der Waals surface area contributed by atoms with E-state index < -0.39 is 0 Å². The van der Waals surface area contributed by atoms with Gasteiger partial charge in [0.25, 0.3) is 0 Å². The van der Waals surface area contributed by atoms with Crippen LogP contribution in [-0.2, 0) is 4.74 Å². The minimum Gasteiger partial charge on any atom is -1.00 e. The average Bonchev–Trinajstić information content (AvgIpc) is 1.27. The number of hydrogen-bond acceptors (Lipinski definition) is 1. The Bertz CT molecular complexity index is 47.1. The summed E-state index contributed by atoms with van der Waals surface area (Å²) in [5.74, 6) is 0. The first-order valence-electron chi connectivity index (χ1n) is 2.78. The van der Waals surface area contributed by atoms with Crippen molar-refractivity contribution >= 4 is 17.4 Å². The van der Waals surface area contributed by atoms with E-state index in [1.54, 1.807) is 0 Å². The Morgan fingerprint density at radius 2 is 0.909 bits per heavy atom. The Hall–Kier alpha value is 1.36. The molecular formula is C6H14AlCl3O. The van der Waals surface area contributed by atoms with Gasteiger partial charge in [-0.15, -0.1) is 0 Å². The van der Waals surface area contributed by atoms with Crippen LogP contribution >= 0.6 is 0 Å². The molecule has 0 heterocycles. The van der Waals surface area contributed by atoms with Gasteiger partial charge >= 0.3 is 17.4 Å². The van der Waals surface area contributed by atoms with Gasteiger partial charge in [-0.3, -0.25) is 0 Å². The molecule has 0 atom stereocenters. The maximum atomic E-state index is 5.25. The molecule has 0 aromatic carbocycles. The van der Waals surface area contributed by atoms with Crippen molar-refractivity contribution in [3.05, 3.63) is 0 Å². The molecule has 0 N–H and O–H groups in total. The molecule has 0 aliphatic heterocycles. The minimum absolute atomic E-state index is 0. The molecule has 0 aromatic rings. The van der Waals surface area contributed by atoms with Crippen molar-refractivity contribution in [2.75, 3.05) is 0 Å². The van der Waals surface area contributed by atoms with Crippen LogP contribution in [0.1, 0.15) is 27.7 Å². The van der Waals surface area contributed by atoms with Crippen LogP contribution in [0.5, 0.6) is 0 Å². The van der Waals surface area contributed by atoms with Crippen molar-refractivity contribution in [3.8, 4) is 0 Å². The van der Waals surface area contributed by atoms with Gasteiger partial charge in [0, 0.05) is 0 Å². The van der Waals surface area contributed by atoms with Crippen molar-refractivity contribution in [2.45, 2.75) is 39.9 Å². The maximum absolute atomic E-state index is 5.25. The van der Waals surface area contributed by atoms with Crippen LogP contribution in [0.25, 0.3) is 0 Å². The first kappa shape index (κ1) is 29.4. The van der Waals surface area contributed by atoms with Gasteiger partial charge in [-0.05, 0) is 27.7 Å². The van der Waals surface area contributed by atoms with Crippen molar-refractivity contribution in [1.29, 1.82) is 0 Å². The Morgan fingerprint density at radius 1 is 0.727 bits per heavy atom. The predicted octanol–water partition coefficient (Wildman–Crippen LogP) is -7.55. The molecular weight excluding hydrogens is 221 g/mol. The monoisotopic (exact) mass is 234 g/mol. The van der Waals surface area contributed by atoms with Gasteiger partial charge < -0.3 is 42.0 Å². The predicted molar refractivity (Wildman–Crippen MR) is 37.1 cm³/mol. The summed E-state index contributed by atoms with van der Waals surface area (Å²) in [4.78, 5) is 0. The van der Waals surface area contributed by atoms with E-state index in [2.05, 4.69) is 0 Å². The zero-order valence-electron chi connectivity index (χ0n) is 7.27. The van der Waals surface area contributed by atoms with E-state index in [1.807, 2.05) is 27.7 Å². The van der Waals surface area contributed by atoms with Gasteiger partial charge in [-0.1, -0.05) is 0 Å². The quantitative estimate of drug-likeness (QED) is 0.432. The van der Waals surface area contributed by atoms with E-state index in [4.69, 9.17) is 4.74 Å². The van der Waals surface area contributed by atoms with Crippen molar-refractivity contribution < 1.29 is 42.0 Å². The molecule has 11 heavy (non-hydrogen) atoms. The normalized spacial score (nSPS) is 7.09. The summed E-state index contributed by atoms with van der Waals surface area (Å²) < 4.78 is 5.25. The SMILES string of the molecule is CC(C)OC(C)C.[Al+3].[Cl-].[Cl-].[Cl-]. The molecule has 0 amide bonds. The number of halogens is 3. The third-order valence-corrected chi connectivity index (χ3v) is 0.544. The van der Waals surface area contributed by atoms with Crippen LogP contribution in [0.15, 0.2) is 0 Å². The maximum Gasteiger partial charge on any atom is 3.00 e. The molecule has 0 rings (SSSR count). The summed E-state index contributed by atoms with van der Waals surface area (Å²) in [6.45, 7) is 8.17. The molecule has 1 nitrogen and oxygen atoms in total. The second kappa shape index (κ2) is 17.4. The van der Waals surface area contributed by atoms with E-state index in [0.717, 1.165) is 0 Å². The summed E-state index contributed by atoms with van der Waals surface area (Å²) in [5, 5.41) is 0. The Balaban J connectivity index is -0.0000000300. The fraction of sp³-hybridized carbons (Fsp3) is 1.00. The first-order valence-corrected chi connectivity index (χ1v) is 2.78. The topological polar surface area (TPSA) is 9.23 Å².